The Morgan fingerprint density at radius 2 is 2.38 bits per heavy atom. The minimum absolute atomic E-state index is 0.174. The number of hydrogen-bond acceptors (Lipinski definition) is 4. The van der Waals surface area contributed by atoms with Crippen LogP contribution in [-0.4, -0.2) is 11.5 Å². The Hall–Kier alpha value is -1.20. The molecule has 13 heavy (non-hydrogen) atoms. The first-order chi connectivity index (χ1) is 6.24. The molecule has 0 fully saturated rings. The van der Waals surface area contributed by atoms with Crippen LogP contribution < -0.4 is 5.73 Å². The molecule has 0 saturated heterocycles. The molecule has 0 saturated carbocycles. The summed E-state index contributed by atoms with van der Waals surface area (Å²) in [5.74, 6) is 0. The molecule has 0 aliphatic rings. The molecule has 0 aliphatic carbocycles. The molecule has 0 aliphatic heterocycles. The van der Waals surface area contributed by atoms with Crippen LogP contribution in [0.2, 0.25) is 0 Å². The Morgan fingerprint density at radius 1 is 1.62 bits per heavy atom. The fraction of sp³-hybridized carbons (Fsp3) is 0.250. The van der Waals surface area contributed by atoms with Gasteiger partial charge in [0.05, 0.1) is 4.92 Å². The van der Waals surface area contributed by atoms with E-state index in [1.165, 1.54) is 6.07 Å². The summed E-state index contributed by atoms with van der Waals surface area (Å²) in [7, 11) is 0. The third kappa shape index (κ3) is 2.96. The maximum absolute atomic E-state index is 10.3. The first-order valence-corrected chi connectivity index (χ1v) is 4.66. The Kier molecular flexibility index (Phi) is 3.60. The van der Waals surface area contributed by atoms with Gasteiger partial charge in [-0.2, -0.15) is 0 Å². The van der Waals surface area contributed by atoms with Gasteiger partial charge >= 0.3 is 5.00 Å². The maximum atomic E-state index is 10.3. The van der Waals surface area contributed by atoms with Gasteiger partial charge in [0.15, 0.2) is 0 Å². The Balaban J connectivity index is 2.64. The van der Waals surface area contributed by atoms with Crippen LogP contribution in [0.3, 0.4) is 0 Å². The lowest BCUT2D eigenvalue weighted by Crippen LogP contribution is -1.94. The molecule has 0 atom stereocenters. The summed E-state index contributed by atoms with van der Waals surface area (Å²) in [6.45, 7) is 0.601. The van der Waals surface area contributed by atoms with Crippen LogP contribution in [0.1, 0.15) is 11.3 Å². The standard InChI is InChI=1S/C8H10N2O2S/c9-6-2-1-3-7-4-5-8(13-7)10(11)12/h1,3-5H,2,6,9H2. The Bertz CT molecular complexity index is 320. The molecule has 0 spiro atoms. The second-order valence-electron chi connectivity index (χ2n) is 2.41. The van der Waals surface area contributed by atoms with Crippen molar-refractivity contribution in [3.05, 3.63) is 33.2 Å². The first-order valence-electron chi connectivity index (χ1n) is 3.85. The fourth-order valence-electron chi connectivity index (χ4n) is 0.826. The molecule has 1 aromatic rings. The van der Waals surface area contributed by atoms with E-state index in [9.17, 15) is 10.1 Å². The fourth-order valence-corrected chi connectivity index (χ4v) is 1.58. The van der Waals surface area contributed by atoms with Crippen molar-refractivity contribution >= 4 is 22.4 Å². The zero-order chi connectivity index (χ0) is 9.68. The molecule has 0 bridgehead atoms. The highest BCUT2D eigenvalue weighted by Crippen LogP contribution is 2.24. The van der Waals surface area contributed by atoms with Gasteiger partial charge in [-0.25, -0.2) is 0 Å². The van der Waals surface area contributed by atoms with Crippen LogP contribution >= 0.6 is 11.3 Å². The van der Waals surface area contributed by atoms with E-state index in [1.54, 1.807) is 6.07 Å². The van der Waals surface area contributed by atoms with E-state index in [0.29, 0.717) is 6.54 Å². The molecule has 4 nitrogen and oxygen atoms in total. The summed E-state index contributed by atoms with van der Waals surface area (Å²) < 4.78 is 0. The summed E-state index contributed by atoms with van der Waals surface area (Å²) in [6, 6.07) is 3.24. The predicted molar refractivity (Wildman–Crippen MR) is 53.7 cm³/mol. The van der Waals surface area contributed by atoms with Crippen molar-refractivity contribution in [2.24, 2.45) is 5.73 Å². The van der Waals surface area contributed by atoms with Crippen LogP contribution in [0.25, 0.3) is 6.08 Å². The van der Waals surface area contributed by atoms with Gasteiger partial charge < -0.3 is 5.73 Å². The number of nitro groups is 1. The molecule has 0 amide bonds. The molecule has 70 valence electrons. The van der Waals surface area contributed by atoms with E-state index in [0.717, 1.165) is 22.6 Å². The zero-order valence-electron chi connectivity index (χ0n) is 6.97. The van der Waals surface area contributed by atoms with Gasteiger partial charge in [-0.05, 0) is 25.1 Å². The quantitative estimate of drug-likeness (QED) is 0.594. The van der Waals surface area contributed by atoms with Crippen molar-refractivity contribution in [2.45, 2.75) is 6.42 Å². The van der Waals surface area contributed by atoms with E-state index in [1.807, 2.05) is 12.2 Å². The highest BCUT2D eigenvalue weighted by Gasteiger charge is 2.06. The summed E-state index contributed by atoms with van der Waals surface area (Å²) in [5.41, 5.74) is 5.29. The van der Waals surface area contributed by atoms with Crippen molar-refractivity contribution in [1.82, 2.24) is 0 Å². The number of thiophene rings is 1. The first kappa shape index (κ1) is 9.88. The van der Waals surface area contributed by atoms with Gasteiger partial charge in [-0.15, -0.1) is 0 Å². The van der Waals surface area contributed by atoms with Gasteiger partial charge in [0.2, 0.25) is 0 Å². The molecule has 0 radical (unpaired) electrons. The number of nitrogens with two attached hydrogens (primary N) is 1. The van der Waals surface area contributed by atoms with E-state index in [4.69, 9.17) is 5.73 Å². The Morgan fingerprint density at radius 3 is 2.92 bits per heavy atom. The van der Waals surface area contributed by atoms with Gasteiger partial charge in [-0.3, -0.25) is 10.1 Å². The number of hydrogen-bond donors (Lipinski definition) is 1. The van der Waals surface area contributed by atoms with E-state index in [2.05, 4.69) is 0 Å². The minimum Gasteiger partial charge on any atom is -0.330 e. The predicted octanol–water partition coefficient (Wildman–Crippen LogP) is 2.02. The largest absolute Gasteiger partial charge is 0.330 e. The highest BCUT2D eigenvalue weighted by atomic mass is 32.1. The smallest absolute Gasteiger partial charge is 0.324 e. The van der Waals surface area contributed by atoms with Crippen LogP contribution in [0.5, 0.6) is 0 Å². The number of rotatable bonds is 4. The van der Waals surface area contributed by atoms with Crippen molar-refractivity contribution < 1.29 is 4.92 Å². The lowest BCUT2D eigenvalue weighted by atomic mass is 10.3. The SMILES string of the molecule is NCCC=Cc1ccc([N+](=O)[O-])s1. The lowest BCUT2D eigenvalue weighted by Gasteiger charge is -1.83. The topological polar surface area (TPSA) is 69.2 Å². The second kappa shape index (κ2) is 4.74. The van der Waals surface area contributed by atoms with Gasteiger partial charge in [0, 0.05) is 10.9 Å². The zero-order valence-corrected chi connectivity index (χ0v) is 7.79. The molecule has 1 heterocycles. The third-order valence-electron chi connectivity index (χ3n) is 1.41. The van der Waals surface area contributed by atoms with Crippen LogP contribution in [0.15, 0.2) is 18.2 Å². The Labute approximate surface area is 79.8 Å². The molecule has 1 aromatic heterocycles. The van der Waals surface area contributed by atoms with Gasteiger partial charge in [0.1, 0.15) is 0 Å². The summed E-state index contributed by atoms with van der Waals surface area (Å²) >= 11 is 1.16. The van der Waals surface area contributed by atoms with Crippen LogP contribution in [0.4, 0.5) is 5.00 Å². The number of nitrogens with zero attached hydrogens (tertiary/aromatic N) is 1. The highest BCUT2D eigenvalue weighted by molar-refractivity contribution is 7.16. The second-order valence-corrected chi connectivity index (χ2v) is 3.51. The van der Waals surface area contributed by atoms with Crippen molar-refractivity contribution in [2.75, 3.05) is 6.54 Å². The van der Waals surface area contributed by atoms with Crippen molar-refractivity contribution in [3.63, 3.8) is 0 Å². The maximum Gasteiger partial charge on any atom is 0.324 e. The summed E-state index contributed by atoms with van der Waals surface area (Å²) in [4.78, 5) is 10.8. The molecular weight excluding hydrogens is 188 g/mol. The van der Waals surface area contributed by atoms with E-state index < -0.39 is 0 Å². The average molecular weight is 198 g/mol. The van der Waals surface area contributed by atoms with E-state index >= 15 is 0 Å². The molecule has 0 aromatic carbocycles. The van der Waals surface area contributed by atoms with Crippen molar-refractivity contribution in [3.8, 4) is 0 Å². The molecular formula is C8H10N2O2S. The molecule has 2 N–H and O–H groups in total. The third-order valence-corrected chi connectivity index (χ3v) is 2.41. The minimum atomic E-state index is -0.384. The molecule has 5 heteroatoms. The molecule has 0 unspecified atom stereocenters. The van der Waals surface area contributed by atoms with Gasteiger partial charge in [0.25, 0.3) is 0 Å². The van der Waals surface area contributed by atoms with Crippen molar-refractivity contribution in [1.29, 1.82) is 0 Å². The van der Waals surface area contributed by atoms with Gasteiger partial charge in [-0.1, -0.05) is 17.4 Å². The van der Waals surface area contributed by atoms with Crippen LogP contribution in [0, 0.1) is 10.1 Å². The summed E-state index contributed by atoms with van der Waals surface area (Å²) in [6.07, 6.45) is 4.56. The normalized spacial score (nSPS) is 10.8. The van der Waals surface area contributed by atoms with Crippen LogP contribution in [-0.2, 0) is 0 Å². The average Bonchev–Trinajstić information content (AvgIpc) is 2.53. The lowest BCUT2D eigenvalue weighted by molar-refractivity contribution is -0.380. The van der Waals surface area contributed by atoms with E-state index in [-0.39, 0.29) is 9.92 Å². The molecule has 1 rings (SSSR count). The summed E-state index contributed by atoms with van der Waals surface area (Å²) in [5, 5.41) is 10.5. The monoisotopic (exact) mass is 198 g/mol.